The molecule has 1 unspecified atom stereocenters. The van der Waals surface area contributed by atoms with Crippen LogP contribution in [-0.4, -0.2) is 44.8 Å². The van der Waals surface area contributed by atoms with Gasteiger partial charge in [-0.05, 0) is 0 Å². The molecule has 0 aliphatic heterocycles. The van der Waals surface area contributed by atoms with Gasteiger partial charge in [-0.1, -0.05) is 0 Å². The summed E-state index contributed by atoms with van der Waals surface area (Å²) >= 11 is -0.343. The second kappa shape index (κ2) is 14.4. The average Bonchev–Trinajstić information content (AvgIpc) is 2.68. The monoisotopic (exact) mass is 456 g/mol. The van der Waals surface area contributed by atoms with E-state index < -0.39 is 17.9 Å². The van der Waals surface area contributed by atoms with Crippen LogP contribution < -0.4 is 4.46 Å². The first kappa shape index (κ1) is 24.4. The van der Waals surface area contributed by atoms with E-state index in [1.165, 1.54) is 0 Å². The molecule has 0 aliphatic rings. The van der Waals surface area contributed by atoms with Gasteiger partial charge in [0, 0.05) is 0 Å². The van der Waals surface area contributed by atoms with E-state index in [0.717, 1.165) is 30.1 Å². The van der Waals surface area contributed by atoms with Gasteiger partial charge in [0.15, 0.2) is 0 Å². The Labute approximate surface area is 174 Å². The van der Waals surface area contributed by atoms with Gasteiger partial charge in [-0.2, -0.15) is 0 Å². The Kier molecular flexibility index (Phi) is 12.5. The molecule has 6 heteroatoms. The number of hydrogen-bond donors (Lipinski definition) is 0. The van der Waals surface area contributed by atoms with Gasteiger partial charge in [0.25, 0.3) is 0 Å². The van der Waals surface area contributed by atoms with Crippen molar-refractivity contribution in [2.24, 2.45) is 11.8 Å². The Morgan fingerprint density at radius 1 is 0.893 bits per heavy atom. The van der Waals surface area contributed by atoms with Gasteiger partial charge in [-0.15, -0.1) is 0 Å². The summed E-state index contributed by atoms with van der Waals surface area (Å²) in [6, 6.07) is 9.64. The number of benzene rings is 1. The third-order valence-corrected chi connectivity index (χ3v) is 6.55. The molecule has 0 spiro atoms. The third-order valence-electron chi connectivity index (χ3n) is 4.36. The van der Waals surface area contributed by atoms with Gasteiger partial charge in [0.2, 0.25) is 0 Å². The number of rotatable bonds is 14. The fourth-order valence-corrected chi connectivity index (χ4v) is 4.80. The van der Waals surface area contributed by atoms with E-state index >= 15 is 0 Å². The van der Waals surface area contributed by atoms with Crippen molar-refractivity contribution in [2.75, 3.05) is 13.2 Å². The second-order valence-corrected chi connectivity index (χ2v) is 8.83. The van der Waals surface area contributed by atoms with Gasteiger partial charge in [0.05, 0.1) is 0 Å². The van der Waals surface area contributed by atoms with Crippen LogP contribution in [0, 0.1) is 11.8 Å². The van der Waals surface area contributed by atoms with E-state index in [1.54, 1.807) is 13.8 Å². The van der Waals surface area contributed by atoms with Crippen LogP contribution in [0.3, 0.4) is 0 Å². The summed E-state index contributed by atoms with van der Waals surface area (Å²) in [6.45, 7) is 5.92. The zero-order valence-electron chi connectivity index (χ0n) is 17.1. The molecule has 1 aromatic carbocycles. The molecular weight excluding hydrogens is 423 g/mol. The van der Waals surface area contributed by atoms with Gasteiger partial charge in [-0.3, -0.25) is 0 Å². The first-order chi connectivity index (χ1) is 13.5. The Morgan fingerprint density at radius 3 is 2.04 bits per heavy atom. The molecule has 1 rings (SSSR count). The van der Waals surface area contributed by atoms with Crippen molar-refractivity contribution in [1.29, 1.82) is 0 Å². The molecule has 0 fully saturated rings. The molecule has 0 saturated heterocycles. The van der Waals surface area contributed by atoms with Crippen LogP contribution in [0.25, 0.3) is 0 Å². The quantitative estimate of drug-likeness (QED) is 0.186. The van der Waals surface area contributed by atoms with Crippen LogP contribution >= 0.6 is 0 Å². The Hall–Kier alpha value is -1.65. The van der Waals surface area contributed by atoms with Crippen LogP contribution in [-0.2, 0) is 23.9 Å². The molecule has 0 aromatic heterocycles. The fourth-order valence-electron chi connectivity index (χ4n) is 2.90. The van der Waals surface area contributed by atoms with Gasteiger partial charge in [0.1, 0.15) is 0 Å². The molecule has 0 saturated carbocycles. The van der Waals surface area contributed by atoms with Gasteiger partial charge >= 0.3 is 175 Å². The van der Waals surface area contributed by atoms with Crippen molar-refractivity contribution in [3.63, 3.8) is 0 Å². The molecule has 0 radical (unpaired) electrons. The summed E-state index contributed by atoms with van der Waals surface area (Å²) in [4.78, 5) is 37.6. The normalized spacial score (nSPS) is 11.9. The summed E-state index contributed by atoms with van der Waals surface area (Å²) in [5, 5.41) is 0. The predicted molar refractivity (Wildman–Crippen MR) is 110 cm³/mol. The summed E-state index contributed by atoms with van der Waals surface area (Å²) < 4.78 is 11.3. The number of carbonyl (C=O) groups is 3. The van der Waals surface area contributed by atoms with Crippen molar-refractivity contribution in [3.8, 4) is 0 Å². The van der Waals surface area contributed by atoms with Crippen LogP contribution in [0.1, 0.15) is 59.3 Å². The van der Waals surface area contributed by atoms with Crippen molar-refractivity contribution >= 4 is 36.0 Å². The van der Waals surface area contributed by atoms with Crippen LogP contribution in [0.5, 0.6) is 0 Å². The number of esters is 2. The van der Waals surface area contributed by atoms with Crippen LogP contribution in [0.15, 0.2) is 30.3 Å². The minimum atomic E-state index is -1.04. The van der Waals surface area contributed by atoms with Gasteiger partial charge < -0.3 is 0 Å². The van der Waals surface area contributed by atoms with E-state index in [1.807, 2.05) is 30.3 Å². The van der Waals surface area contributed by atoms with E-state index in [4.69, 9.17) is 9.47 Å². The first-order valence-electron chi connectivity index (χ1n) is 10.1. The Morgan fingerprint density at radius 2 is 1.50 bits per heavy atom. The molecule has 0 N–H and O–H groups in total. The van der Waals surface area contributed by atoms with Crippen molar-refractivity contribution in [2.45, 2.75) is 59.3 Å². The van der Waals surface area contributed by atoms with E-state index in [2.05, 4.69) is 6.92 Å². The topological polar surface area (TPSA) is 69.7 Å². The standard InChI is InChI=1S/C22H32O5Se/c1-4-7-8-10-13-17(22(25)28-18-14-11-9-12-15-18)16-19(20(23)26-5-2)21(24)27-6-3/h9,11-12,14-15,17,19H,4-8,10,13,16H2,1-3H3. The zero-order chi connectivity index (χ0) is 20.8. The minimum absolute atomic E-state index is 0.119. The Bertz CT molecular complexity index is 584. The first-order valence-corrected chi connectivity index (χ1v) is 11.8. The number of ether oxygens (including phenoxy) is 2. The van der Waals surface area contributed by atoms with Crippen LogP contribution in [0.2, 0.25) is 0 Å². The molecule has 0 amide bonds. The Balaban J connectivity index is 2.90. The number of carbonyl (C=O) groups excluding carboxylic acids is 3. The second-order valence-electron chi connectivity index (χ2n) is 6.57. The van der Waals surface area contributed by atoms with Crippen molar-refractivity contribution in [1.82, 2.24) is 0 Å². The van der Waals surface area contributed by atoms with Crippen molar-refractivity contribution in [3.05, 3.63) is 30.3 Å². The maximum absolute atomic E-state index is 13.0. The summed E-state index contributed by atoms with van der Waals surface area (Å²) in [5.41, 5.74) is 0. The predicted octanol–water partition coefficient (Wildman–Crippen LogP) is 3.26. The summed E-state index contributed by atoms with van der Waals surface area (Å²) in [6.07, 6.45) is 5.03. The fraction of sp³-hybridized carbons (Fsp3) is 0.591. The summed E-state index contributed by atoms with van der Waals surface area (Å²) in [5.74, 6) is -2.57. The van der Waals surface area contributed by atoms with Crippen molar-refractivity contribution < 1.29 is 23.9 Å². The molecule has 5 nitrogen and oxygen atoms in total. The molecule has 156 valence electrons. The molecule has 28 heavy (non-hydrogen) atoms. The number of unbranched alkanes of at least 4 members (excludes halogenated alkanes) is 3. The van der Waals surface area contributed by atoms with Crippen LogP contribution in [0.4, 0.5) is 0 Å². The third kappa shape index (κ3) is 9.03. The zero-order valence-corrected chi connectivity index (χ0v) is 18.9. The average molecular weight is 455 g/mol. The molecule has 1 atom stereocenters. The molecule has 0 heterocycles. The van der Waals surface area contributed by atoms with Gasteiger partial charge in [-0.25, -0.2) is 0 Å². The molecule has 0 bridgehead atoms. The maximum atomic E-state index is 13.0. The molecule has 0 aliphatic carbocycles. The molecular formula is C22H32O5Se. The van der Waals surface area contributed by atoms with E-state index in [9.17, 15) is 14.4 Å². The number of hydrogen-bond acceptors (Lipinski definition) is 5. The summed E-state index contributed by atoms with van der Waals surface area (Å²) in [7, 11) is 0. The van der Waals surface area contributed by atoms with E-state index in [0.29, 0.717) is 6.42 Å². The van der Waals surface area contributed by atoms with E-state index in [-0.39, 0.29) is 45.2 Å². The molecule has 1 aromatic rings. The SMILES string of the molecule is CCCCCCC(CC(C(=O)OCC)C(=O)OCC)C(=O)[Se]c1ccccc1.